The van der Waals surface area contributed by atoms with Crippen molar-refractivity contribution >= 4 is 11.6 Å². The van der Waals surface area contributed by atoms with Gasteiger partial charge in [-0.3, -0.25) is 0 Å². The fourth-order valence-electron chi connectivity index (χ4n) is 1.82. The molecule has 1 aromatic rings. The largest absolute Gasteiger partial charge is 0.490 e. The minimum atomic E-state index is 0.171. The first kappa shape index (κ1) is 15.5. The molecule has 6 nitrogen and oxygen atoms in total. The molecular weight excluding hydrogens is 244 g/mol. The lowest BCUT2D eigenvalue weighted by Crippen LogP contribution is -2.26. The summed E-state index contributed by atoms with van der Waals surface area (Å²) in [6, 6.07) is 0. The number of hydrogen-bond donors (Lipinski definition) is 2. The normalized spacial score (nSPS) is 10.3. The molecule has 1 aromatic heterocycles. The number of aromatic nitrogens is 2. The van der Waals surface area contributed by atoms with E-state index in [0.717, 1.165) is 37.7 Å². The molecule has 0 radical (unpaired) electrons. The zero-order valence-corrected chi connectivity index (χ0v) is 12.0. The van der Waals surface area contributed by atoms with Crippen LogP contribution in [0.3, 0.4) is 0 Å². The molecule has 0 bridgehead atoms. The molecule has 0 amide bonds. The molecular formula is C13H24N4O2. The molecule has 0 saturated heterocycles. The number of methoxy groups -OCH3 is 1. The summed E-state index contributed by atoms with van der Waals surface area (Å²) in [5, 5.41) is 12.2. The van der Waals surface area contributed by atoms with Gasteiger partial charge in [-0.25, -0.2) is 9.97 Å². The van der Waals surface area contributed by atoms with E-state index >= 15 is 0 Å². The Morgan fingerprint density at radius 1 is 1.37 bits per heavy atom. The number of rotatable bonds is 9. The molecule has 0 aliphatic carbocycles. The quantitative estimate of drug-likeness (QED) is 0.707. The van der Waals surface area contributed by atoms with E-state index in [-0.39, 0.29) is 6.61 Å². The van der Waals surface area contributed by atoms with Gasteiger partial charge in [0.25, 0.3) is 0 Å². The van der Waals surface area contributed by atoms with Crippen molar-refractivity contribution in [2.45, 2.75) is 26.7 Å². The zero-order valence-electron chi connectivity index (χ0n) is 12.0. The van der Waals surface area contributed by atoms with Crippen LogP contribution in [0, 0.1) is 0 Å². The lowest BCUT2D eigenvalue weighted by molar-refractivity contribution is 0.289. The highest BCUT2D eigenvalue weighted by Crippen LogP contribution is 2.31. The number of ether oxygens (including phenoxy) is 1. The molecule has 19 heavy (non-hydrogen) atoms. The summed E-state index contributed by atoms with van der Waals surface area (Å²) in [6.07, 6.45) is 3.26. The minimum Gasteiger partial charge on any atom is -0.490 e. The van der Waals surface area contributed by atoms with Crippen LogP contribution < -0.4 is 15.0 Å². The van der Waals surface area contributed by atoms with Crippen molar-refractivity contribution in [3.63, 3.8) is 0 Å². The summed E-state index contributed by atoms with van der Waals surface area (Å²) in [7, 11) is 1.62. The predicted octanol–water partition coefficient (Wildman–Crippen LogP) is 1.52. The Morgan fingerprint density at radius 3 is 2.74 bits per heavy atom. The van der Waals surface area contributed by atoms with Crippen molar-refractivity contribution in [1.82, 2.24) is 9.97 Å². The van der Waals surface area contributed by atoms with Gasteiger partial charge in [-0.1, -0.05) is 6.92 Å². The van der Waals surface area contributed by atoms with E-state index < -0.39 is 0 Å². The van der Waals surface area contributed by atoms with Gasteiger partial charge in [-0.2, -0.15) is 0 Å². The van der Waals surface area contributed by atoms with Gasteiger partial charge in [0.15, 0.2) is 11.6 Å². The Kier molecular flexibility index (Phi) is 6.95. The van der Waals surface area contributed by atoms with Gasteiger partial charge in [-0.05, 0) is 19.8 Å². The van der Waals surface area contributed by atoms with Crippen molar-refractivity contribution in [1.29, 1.82) is 0 Å². The predicted molar refractivity (Wildman–Crippen MR) is 77.0 cm³/mol. The summed E-state index contributed by atoms with van der Waals surface area (Å²) in [5.74, 6) is 2.15. The van der Waals surface area contributed by atoms with Gasteiger partial charge in [0.1, 0.15) is 6.33 Å². The molecule has 1 heterocycles. The van der Waals surface area contributed by atoms with Crippen LogP contribution in [0.25, 0.3) is 0 Å². The van der Waals surface area contributed by atoms with Gasteiger partial charge in [0, 0.05) is 26.2 Å². The first-order valence-corrected chi connectivity index (χ1v) is 6.77. The van der Waals surface area contributed by atoms with E-state index in [1.54, 1.807) is 7.11 Å². The average molecular weight is 268 g/mol. The molecule has 0 fully saturated rings. The first-order chi connectivity index (χ1) is 9.28. The van der Waals surface area contributed by atoms with Crippen LogP contribution in [-0.2, 0) is 0 Å². The van der Waals surface area contributed by atoms with Crippen LogP contribution >= 0.6 is 0 Å². The summed E-state index contributed by atoms with van der Waals surface area (Å²) < 4.78 is 5.44. The summed E-state index contributed by atoms with van der Waals surface area (Å²) in [4.78, 5) is 10.6. The molecule has 0 unspecified atom stereocenters. The van der Waals surface area contributed by atoms with E-state index in [0.29, 0.717) is 12.2 Å². The van der Waals surface area contributed by atoms with Crippen molar-refractivity contribution < 1.29 is 9.84 Å². The number of anilines is 2. The second-order valence-corrected chi connectivity index (χ2v) is 4.16. The molecule has 108 valence electrons. The maximum Gasteiger partial charge on any atom is 0.204 e. The molecule has 6 heteroatoms. The van der Waals surface area contributed by atoms with Crippen LogP contribution in [0.5, 0.6) is 5.75 Å². The first-order valence-electron chi connectivity index (χ1n) is 6.77. The maximum absolute atomic E-state index is 8.95. The van der Waals surface area contributed by atoms with Gasteiger partial charge >= 0.3 is 0 Å². The molecule has 0 aliphatic rings. The summed E-state index contributed by atoms with van der Waals surface area (Å²) in [6.45, 7) is 6.72. The van der Waals surface area contributed by atoms with Crippen LogP contribution in [0.4, 0.5) is 11.6 Å². The number of aliphatic hydroxyl groups is 1. The van der Waals surface area contributed by atoms with E-state index in [1.165, 1.54) is 6.33 Å². The van der Waals surface area contributed by atoms with Crippen molar-refractivity contribution in [2.75, 3.05) is 43.6 Å². The Morgan fingerprint density at radius 2 is 2.16 bits per heavy atom. The number of aliphatic hydroxyl groups excluding tert-OH is 1. The molecule has 0 spiro atoms. The third-order valence-corrected chi connectivity index (χ3v) is 2.80. The Balaban J connectivity index is 2.97. The third-order valence-electron chi connectivity index (χ3n) is 2.80. The monoisotopic (exact) mass is 268 g/mol. The fraction of sp³-hybridized carbons (Fsp3) is 0.692. The van der Waals surface area contributed by atoms with E-state index in [9.17, 15) is 0 Å². The van der Waals surface area contributed by atoms with Gasteiger partial charge < -0.3 is 20.1 Å². The summed E-state index contributed by atoms with van der Waals surface area (Å²) >= 11 is 0. The average Bonchev–Trinajstić information content (AvgIpc) is 2.45. The second-order valence-electron chi connectivity index (χ2n) is 4.16. The standard InChI is InChI=1S/C13H24N4O2/c1-4-7-14-12-11(19-3)13(16-10-15-12)17(5-2)8-6-9-18/h10,18H,4-9H2,1-3H3,(H,14,15,16). The van der Waals surface area contributed by atoms with Gasteiger partial charge in [0.05, 0.1) is 7.11 Å². The number of nitrogens with zero attached hydrogens (tertiary/aromatic N) is 3. The number of nitrogens with one attached hydrogen (secondary N) is 1. The maximum atomic E-state index is 8.95. The third kappa shape index (κ3) is 4.24. The van der Waals surface area contributed by atoms with Crippen LogP contribution in [0.2, 0.25) is 0 Å². The molecule has 1 rings (SSSR count). The van der Waals surface area contributed by atoms with Crippen molar-refractivity contribution in [3.05, 3.63) is 6.33 Å². The highest BCUT2D eigenvalue weighted by molar-refractivity contribution is 5.64. The molecule has 0 saturated carbocycles. The fourth-order valence-corrected chi connectivity index (χ4v) is 1.82. The van der Waals surface area contributed by atoms with Crippen LogP contribution in [-0.4, -0.2) is 48.4 Å². The van der Waals surface area contributed by atoms with E-state index in [4.69, 9.17) is 9.84 Å². The minimum absolute atomic E-state index is 0.171. The van der Waals surface area contributed by atoms with E-state index in [1.807, 2.05) is 0 Å². The second kappa shape index (κ2) is 8.53. The molecule has 2 N–H and O–H groups in total. The summed E-state index contributed by atoms with van der Waals surface area (Å²) in [5.41, 5.74) is 0. The molecule has 0 aliphatic heterocycles. The molecule has 0 aromatic carbocycles. The Bertz CT molecular complexity index is 374. The Labute approximate surface area is 114 Å². The SMILES string of the molecule is CCCNc1ncnc(N(CC)CCCO)c1OC. The van der Waals surface area contributed by atoms with E-state index in [2.05, 4.69) is 34.0 Å². The molecule has 0 atom stereocenters. The van der Waals surface area contributed by atoms with Crippen molar-refractivity contribution in [3.8, 4) is 5.75 Å². The highest BCUT2D eigenvalue weighted by Gasteiger charge is 2.16. The van der Waals surface area contributed by atoms with Crippen LogP contribution in [0.1, 0.15) is 26.7 Å². The van der Waals surface area contributed by atoms with Crippen molar-refractivity contribution in [2.24, 2.45) is 0 Å². The smallest absolute Gasteiger partial charge is 0.204 e. The van der Waals surface area contributed by atoms with Crippen LogP contribution in [0.15, 0.2) is 6.33 Å². The van der Waals surface area contributed by atoms with Gasteiger partial charge in [0.2, 0.25) is 5.75 Å². The lowest BCUT2D eigenvalue weighted by atomic mass is 10.3. The van der Waals surface area contributed by atoms with Gasteiger partial charge in [-0.15, -0.1) is 0 Å². The highest BCUT2D eigenvalue weighted by atomic mass is 16.5. The number of hydrogen-bond acceptors (Lipinski definition) is 6. The topological polar surface area (TPSA) is 70.5 Å². The Hall–Kier alpha value is -1.56. The lowest BCUT2D eigenvalue weighted by Gasteiger charge is -2.24. The zero-order chi connectivity index (χ0) is 14.1.